The molecule has 0 saturated heterocycles. The summed E-state index contributed by atoms with van der Waals surface area (Å²) in [7, 11) is 0. The fourth-order valence-corrected chi connectivity index (χ4v) is 4.16. The number of carbonyl (C=O) groups is 2. The molecular weight excluding hydrogens is 394 g/mol. The molecule has 0 bridgehead atoms. The van der Waals surface area contributed by atoms with Crippen LogP contribution in [0.2, 0.25) is 0 Å². The number of ether oxygens (including phenoxy) is 1. The van der Waals surface area contributed by atoms with Gasteiger partial charge in [0.25, 0.3) is 0 Å². The number of carbonyl (C=O) groups excluding carboxylic acids is 2. The number of fused-ring (bicyclic) bond motifs is 3. The molecule has 0 spiro atoms. The zero-order valence-corrected chi connectivity index (χ0v) is 17.3. The second kappa shape index (κ2) is 8.12. The van der Waals surface area contributed by atoms with Gasteiger partial charge in [-0.1, -0.05) is 41.5 Å². The highest BCUT2D eigenvalue weighted by Gasteiger charge is 2.20. The van der Waals surface area contributed by atoms with Crippen LogP contribution in [0.15, 0.2) is 54.6 Å². The smallest absolute Gasteiger partial charge is 0.362 e. The Morgan fingerprint density at radius 1 is 0.935 bits per heavy atom. The second-order valence-corrected chi connectivity index (χ2v) is 7.57. The number of nitrogens with two attached hydrogens (primary N) is 2. The van der Waals surface area contributed by atoms with E-state index >= 15 is 0 Å². The van der Waals surface area contributed by atoms with Gasteiger partial charge in [-0.3, -0.25) is 4.79 Å². The van der Waals surface area contributed by atoms with Gasteiger partial charge in [-0.2, -0.15) is 5.90 Å². The zero-order chi connectivity index (χ0) is 22.1. The van der Waals surface area contributed by atoms with Crippen molar-refractivity contribution in [3.8, 4) is 5.75 Å². The summed E-state index contributed by atoms with van der Waals surface area (Å²) < 4.78 is 7.82. The molecule has 0 atom stereocenters. The highest BCUT2D eigenvalue weighted by molar-refractivity contribution is 6.19. The van der Waals surface area contributed by atoms with Crippen LogP contribution in [0.3, 0.4) is 0 Å². The molecule has 0 aliphatic heterocycles. The Hall–Kier alpha value is -3.84. The molecule has 3 aromatic carbocycles. The second-order valence-electron chi connectivity index (χ2n) is 7.57. The highest BCUT2D eigenvalue weighted by Crippen LogP contribution is 2.38. The molecule has 4 aromatic rings. The zero-order valence-electron chi connectivity index (χ0n) is 17.3. The van der Waals surface area contributed by atoms with Crippen LogP contribution in [0.5, 0.6) is 5.75 Å². The Morgan fingerprint density at radius 2 is 1.58 bits per heavy atom. The average molecular weight is 417 g/mol. The summed E-state index contributed by atoms with van der Waals surface area (Å²) in [4.78, 5) is 27.9. The molecule has 4 rings (SSSR count). The third-order valence-corrected chi connectivity index (χ3v) is 5.24. The maximum Gasteiger partial charge on any atom is 0.362 e. The van der Waals surface area contributed by atoms with Gasteiger partial charge in [0.1, 0.15) is 5.75 Å². The first-order valence-corrected chi connectivity index (χ1v) is 9.82. The van der Waals surface area contributed by atoms with E-state index in [1.807, 2.05) is 24.3 Å². The topological polar surface area (TPSA) is 110 Å². The number of amides is 1. The summed E-state index contributed by atoms with van der Waals surface area (Å²) in [5.41, 5.74) is 11.3. The molecule has 158 valence electrons. The minimum absolute atomic E-state index is 0.349. The Kier molecular flexibility index (Phi) is 5.35. The first kappa shape index (κ1) is 20.4. The van der Waals surface area contributed by atoms with Gasteiger partial charge >= 0.3 is 5.97 Å². The lowest BCUT2D eigenvalue weighted by Gasteiger charge is -2.10. The van der Waals surface area contributed by atoms with Crippen molar-refractivity contribution in [2.75, 3.05) is 6.61 Å². The SMILES string of the molecule is Cc1cc(C)cc(Cn2c3cccc(OCC(=O)ON)c3c3c(C(N)=O)cccc32)c1. The van der Waals surface area contributed by atoms with Gasteiger partial charge in [0.05, 0.1) is 16.4 Å². The summed E-state index contributed by atoms with van der Waals surface area (Å²) in [5.74, 6) is 4.13. The minimum Gasteiger partial charge on any atom is -0.481 e. The standard InChI is InChI=1S/C24H23N3O4/c1-14-9-15(2)11-16(10-14)12-27-18-6-3-5-17(24(25)29)22(18)23-19(27)7-4-8-20(23)30-13-21(28)31-26/h3-11H,12-13,26H2,1-2H3,(H2,25,29). The quantitative estimate of drug-likeness (QED) is 0.468. The highest BCUT2D eigenvalue weighted by atomic mass is 16.7. The van der Waals surface area contributed by atoms with Gasteiger partial charge in [0.15, 0.2) is 6.61 Å². The van der Waals surface area contributed by atoms with Gasteiger partial charge in [-0.25, -0.2) is 4.79 Å². The molecule has 0 fully saturated rings. The minimum atomic E-state index is -0.703. The van der Waals surface area contributed by atoms with E-state index in [4.69, 9.17) is 16.4 Å². The van der Waals surface area contributed by atoms with Gasteiger partial charge in [0.2, 0.25) is 5.91 Å². The van der Waals surface area contributed by atoms with Crippen LogP contribution in [0, 0.1) is 13.8 Å². The molecular formula is C24H23N3O4. The van der Waals surface area contributed by atoms with E-state index in [0.29, 0.717) is 28.6 Å². The van der Waals surface area contributed by atoms with E-state index in [0.717, 1.165) is 16.6 Å². The molecule has 0 radical (unpaired) electrons. The van der Waals surface area contributed by atoms with Crippen molar-refractivity contribution in [2.24, 2.45) is 11.6 Å². The van der Waals surface area contributed by atoms with E-state index in [1.54, 1.807) is 12.1 Å². The van der Waals surface area contributed by atoms with Gasteiger partial charge < -0.3 is 19.9 Å². The molecule has 4 N–H and O–H groups in total. The number of aryl methyl sites for hydroxylation is 2. The van der Waals surface area contributed by atoms with Crippen LogP contribution >= 0.6 is 0 Å². The fraction of sp³-hybridized carbons (Fsp3) is 0.167. The number of hydrogen-bond acceptors (Lipinski definition) is 5. The number of benzene rings is 3. The predicted octanol–water partition coefficient (Wildman–Crippen LogP) is 3.35. The van der Waals surface area contributed by atoms with Crippen molar-refractivity contribution < 1.29 is 19.2 Å². The summed E-state index contributed by atoms with van der Waals surface area (Å²) in [6, 6.07) is 17.4. The average Bonchev–Trinajstić information content (AvgIpc) is 3.05. The van der Waals surface area contributed by atoms with Crippen LogP contribution in [0.1, 0.15) is 27.0 Å². The van der Waals surface area contributed by atoms with Crippen molar-refractivity contribution >= 4 is 33.7 Å². The van der Waals surface area contributed by atoms with Crippen molar-refractivity contribution in [2.45, 2.75) is 20.4 Å². The van der Waals surface area contributed by atoms with E-state index in [1.165, 1.54) is 11.1 Å². The largest absolute Gasteiger partial charge is 0.481 e. The van der Waals surface area contributed by atoms with Crippen molar-refractivity contribution in [1.29, 1.82) is 0 Å². The van der Waals surface area contributed by atoms with Crippen LogP contribution in [0.25, 0.3) is 21.8 Å². The fourth-order valence-electron chi connectivity index (χ4n) is 4.16. The molecule has 7 heteroatoms. The Labute approximate surface area is 179 Å². The van der Waals surface area contributed by atoms with Gasteiger partial charge in [0, 0.05) is 17.5 Å². The lowest BCUT2D eigenvalue weighted by molar-refractivity contribution is -0.146. The lowest BCUT2D eigenvalue weighted by Crippen LogP contribution is -2.18. The molecule has 0 aliphatic rings. The normalized spacial score (nSPS) is 11.1. The van der Waals surface area contributed by atoms with Crippen LogP contribution in [-0.2, 0) is 16.2 Å². The summed E-state index contributed by atoms with van der Waals surface area (Å²) in [6.07, 6.45) is 0. The van der Waals surface area contributed by atoms with Crippen LogP contribution in [-0.4, -0.2) is 23.1 Å². The maximum atomic E-state index is 12.2. The molecule has 0 unspecified atom stereocenters. The number of hydrogen-bond donors (Lipinski definition) is 2. The molecule has 1 aromatic heterocycles. The number of nitrogens with zero attached hydrogens (tertiary/aromatic N) is 1. The van der Waals surface area contributed by atoms with Crippen molar-refractivity contribution in [3.63, 3.8) is 0 Å². The third-order valence-electron chi connectivity index (χ3n) is 5.24. The Morgan fingerprint density at radius 3 is 2.23 bits per heavy atom. The van der Waals surface area contributed by atoms with Gasteiger partial charge in [-0.15, -0.1) is 0 Å². The van der Waals surface area contributed by atoms with Crippen molar-refractivity contribution in [3.05, 3.63) is 76.9 Å². The number of primary amides is 1. The van der Waals surface area contributed by atoms with E-state index in [9.17, 15) is 9.59 Å². The molecule has 0 saturated carbocycles. The van der Waals surface area contributed by atoms with Gasteiger partial charge in [-0.05, 0) is 43.7 Å². The Bertz CT molecular complexity index is 1300. The monoisotopic (exact) mass is 417 g/mol. The summed E-state index contributed by atoms with van der Waals surface area (Å²) in [6.45, 7) is 4.38. The predicted molar refractivity (Wildman–Crippen MR) is 119 cm³/mol. The number of rotatable bonds is 6. The molecule has 31 heavy (non-hydrogen) atoms. The first-order valence-electron chi connectivity index (χ1n) is 9.82. The first-order chi connectivity index (χ1) is 14.9. The summed E-state index contributed by atoms with van der Waals surface area (Å²) >= 11 is 0. The van der Waals surface area contributed by atoms with Crippen molar-refractivity contribution in [1.82, 2.24) is 4.57 Å². The Balaban J connectivity index is 1.98. The third kappa shape index (κ3) is 3.83. The van der Waals surface area contributed by atoms with Crippen LogP contribution < -0.4 is 16.4 Å². The molecule has 7 nitrogen and oxygen atoms in total. The van der Waals surface area contributed by atoms with E-state index < -0.39 is 11.9 Å². The van der Waals surface area contributed by atoms with Crippen LogP contribution in [0.4, 0.5) is 0 Å². The lowest BCUT2D eigenvalue weighted by atomic mass is 10.1. The number of aromatic nitrogens is 1. The molecule has 0 aliphatic carbocycles. The van der Waals surface area contributed by atoms with E-state index in [2.05, 4.69) is 41.5 Å². The molecule has 1 amide bonds. The maximum absolute atomic E-state index is 12.2. The molecule has 1 heterocycles. The van der Waals surface area contributed by atoms with E-state index in [-0.39, 0.29) is 6.61 Å². The summed E-state index contributed by atoms with van der Waals surface area (Å²) in [5, 5.41) is 1.40.